The van der Waals surface area contributed by atoms with Crippen molar-refractivity contribution in [2.24, 2.45) is 4.99 Å². The van der Waals surface area contributed by atoms with Crippen LogP contribution in [-0.2, 0) is 11.3 Å². The summed E-state index contributed by atoms with van der Waals surface area (Å²) >= 11 is 0. The summed E-state index contributed by atoms with van der Waals surface area (Å²) < 4.78 is 0. The normalized spacial score (nSPS) is 12.4. The molecule has 1 aromatic carbocycles. The summed E-state index contributed by atoms with van der Waals surface area (Å²) in [6.45, 7) is 4.59. The molecule has 0 saturated heterocycles. The molecule has 0 bridgehead atoms. The highest BCUT2D eigenvalue weighted by atomic mass is 16.6. The van der Waals surface area contributed by atoms with Gasteiger partial charge in [-0.3, -0.25) is 14.9 Å². The van der Waals surface area contributed by atoms with Crippen LogP contribution in [0.3, 0.4) is 0 Å². The number of aliphatic imine (C=N–C) groups is 1. The lowest BCUT2D eigenvalue weighted by Gasteiger charge is -2.18. The van der Waals surface area contributed by atoms with Gasteiger partial charge in [0.15, 0.2) is 5.96 Å². The zero-order valence-electron chi connectivity index (χ0n) is 14.6. The van der Waals surface area contributed by atoms with Gasteiger partial charge in [0.25, 0.3) is 5.69 Å². The number of hydrogen-bond donors (Lipinski definition) is 2. The number of nitro benzene ring substituents is 1. The topological polar surface area (TPSA) is 99.9 Å². The molecule has 0 saturated carbocycles. The molecule has 1 atom stereocenters. The summed E-state index contributed by atoms with van der Waals surface area (Å²) in [6, 6.07) is 6.47. The number of non-ortho nitro benzene ring substituents is 1. The summed E-state index contributed by atoms with van der Waals surface area (Å²) in [5, 5.41) is 16.9. The Kier molecular flexibility index (Phi) is 7.67. The third-order valence-corrected chi connectivity index (χ3v) is 3.47. The molecule has 0 radical (unpaired) electrons. The second kappa shape index (κ2) is 9.49. The number of likely N-dealkylation sites (N-methyl/N-ethyl adjacent to an activating group) is 1. The number of nitro groups is 1. The molecule has 0 aliphatic heterocycles. The Morgan fingerprint density at radius 1 is 1.33 bits per heavy atom. The van der Waals surface area contributed by atoms with Crippen molar-refractivity contribution in [3.8, 4) is 0 Å². The van der Waals surface area contributed by atoms with Crippen LogP contribution in [0.5, 0.6) is 0 Å². The van der Waals surface area contributed by atoms with E-state index in [2.05, 4.69) is 22.5 Å². The Morgan fingerprint density at radius 3 is 2.46 bits per heavy atom. The molecular weight excluding hydrogens is 310 g/mol. The molecule has 0 aliphatic rings. The van der Waals surface area contributed by atoms with Crippen molar-refractivity contribution in [3.63, 3.8) is 0 Å². The van der Waals surface area contributed by atoms with E-state index in [1.165, 1.54) is 17.0 Å². The summed E-state index contributed by atoms with van der Waals surface area (Å²) in [5.41, 5.74) is 0.903. The van der Waals surface area contributed by atoms with Crippen molar-refractivity contribution >= 4 is 17.6 Å². The predicted octanol–water partition coefficient (Wildman–Crippen LogP) is 1.52. The summed E-state index contributed by atoms with van der Waals surface area (Å²) in [4.78, 5) is 27.9. The summed E-state index contributed by atoms with van der Waals surface area (Å²) in [7, 11) is 3.39. The zero-order valence-corrected chi connectivity index (χ0v) is 14.6. The Labute approximate surface area is 142 Å². The van der Waals surface area contributed by atoms with E-state index >= 15 is 0 Å². The first-order valence-electron chi connectivity index (χ1n) is 7.81. The van der Waals surface area contributed by atoms with Crippen molar-refractivity contribution in [1.29, 1.82) is 0 Å². The molecule has 0 heterocycles. The van der Waals surface area contributed by atoms with E-state index < -0.39 is 4.92 Å². The van der Waals surface area contributed by atoms with E-state index in [4.69, 9.17) is 0 Å². The van der Waals surface area contributed by atoms with Gasteiger partial charge in [0, 0.05) is 32.3 Å². The lowest BCUT2D eigenvalue weighted by Crippen LogP contribution is -2.45. The van der Waals surface area contributed by atoms with E-state index in [1.807, 2.05) is 6.92 Å². The number of carbonyl (C=O) groups excluding carboxylic acids is 1. The van der Waals surface area contributed by atoms with Crippen molar-refractivity contribution in [3.05, 3.63) is 39.9 Å². The molecule has 1 amide bonds. The van der Waals surface area contributed by atoms with Crippen molar-refractivity contribution in [1.82, 2.24) is 15.5 Å². The largest absolute Gasteiger partial charge is 0.354 e. The first-order chi connectivity index (χ1) is 11.3. The van der Waals surface area contributed by atoms with Gasteiger partial charge < -0.3 is 15.5 Å². The number of guanidine groups is 1. The Hall–Kier alpha value is -2.64. The summed E-state index contributed by atoms with van der Waals surface area (Å²) in [6.07, 6.45) is 0.917. The first-order valence-corrected chi connectivity index (χ1v) is 7.81. The predicted molar refractivity (Wildman–Crippen MR) is 93.8 cm³/mol. The molecular formula is C16H25N5O3. The number of hydrogen-bond acceptors (Lipinski definition) is 4. The molecule has 0 aliphatic carbocycles. The number of rotatable bonds is 7. The van der Waals surface area contributed by atoms with Crippen LogP contribution in [0.15, 0.2) is 29.3 Å². The fraction of sp³-hybridized carbons (Fsp3) is 0.500. The molecule has 24 heavy (non-hydrogen) atoms. The standard InChI is InChI=1S/C16H25N5O3/c1-5-12(2)19-16(18-11-15(22)20(3)4)17-10-13-6-8-14(9-7-13)21(23)24/h6-9,12H,5,10-11H2,1-4H3,(H2,17,18,19). The van der Waals surface area contributed by atoms with Crippen molar-refractivity contribution in [2.75, 3.05) is 20.6 Å². The molecule has 1 unspecified atom stereocenters. The molecule has 1 aromatic rings. The molecule has 8 heteroatoms. The number of nitrogens with one attached hydrogen (secondary N) is 2. The number of carbonyl (C=O) groups is 1. The lowest BCUT2D eigenvalue weighted by atomic mass is 10.2. The Morgan fingerprint density at radius 2 is 1.96 bits per heavy atom. The maximum atomic E-state index is 11.7. The Balaban J connectivity index is 2.75. The van der Waals surface area contributed by atoms with Gasteiger partial charge in [-0.2, -0.15) is 0 Å². The highest BCUT2D eigenvalue weighted by Crippen LogP contribution is 2.12. The maximum absolute atomic E-state index is 11.7. The van der Waals surface area contributed by atoms with E-state index in [1.54, 1.807) is 26.2 Å². The molecule has 2 N–H and O–H groups in total. The van der Waals surface area contributed by atoms with Gasteiger partial charge in [-0.25, -0.2) is 4.99 Å². The number of nitrogens with zero attached hydrogens (tertiary/aromatic N) is 3. The van der Waals surface area contributed by atoms with Crippen molar-refractivity contribution < 1.29 is 9.72 Å². The monoisotopic (exact) mass is 335 g/mol. The van der Waals surface area contributed by atoms with Crippen LogP contribution < -0.4 is 10.6 Å². The van der Waals surface area contributed by atoms with Crippen LogP contribution in [0.2, 0.25) is 0 Å². The molecule has 132 valence electrons. The molecule has 0 aromatic heterocycles. The lowest BCUT2D eigenvalue weighted by molar-refractivity contribution is -0.384. The van der Waals surface area contributed by atoms with Gasteiger partial charge in [0.1, 0.15) is 0 Å². The fourth-order valence-electron chi connectivity index (χ4n) is 1.70. The third kappa shape index (κ3) is 6.64. The highest BCUT2D eigenvalue weighted by molar-refractivity contribution is 5.86. The first kappa shape index (κ1) is 19.4. The van der Waals surface area contributed by atoms with Crippen LogP contribution in [0, 0.1) is 10.1 Å². The SMILES string of the molecule is CCC(C)NC(=NCc1ccc([N+](=O)[O-])cc1)NCC(=O)N(C)C. The second-order valence-electron chi connectivity index (χ2n) is 5.68. The van der Waals surface area contributed by atoms with Gasteiger partial charge in [0.05, 0.1) is 18.0 Å². The quantitative estimate of drug-likeness (QED) is 0.340. The average molecular weight is 335 g/mol. The van der Waals surface area contributed by atoms with Crippen LogP contribution in [0.25, 0.3) is 0 Å². The minimum absolute atomic E-state index is 0.0513. The van der Waals surface area contributed by atoms with Gasteiger partial charge in [0.2, 0.25) is 5.91 Å². The zero-order chi connectivity index (χ0) is 18.1. The van der Waals surface area contributed by atoms with E-state index in [-0.39, 0.29) is 24.2 Å². The van der Waals surface area contributed by atoms with Crippen LogP contribution in [0.4, 0.5) is 5.69 Å². The molecule has 8 nitrogen and oxygen atoms in total. The van der Waals surface area contributed by atoms with Gasteiger partial charge >= 0.3 is 0 Å². The third-order valence-electron chi connectivity index (χ3n) is 3.47. The number of amides is 1. The molecule has 0 fully saturated rings. The Bertz CT molecular complexity index is 584. The second-order valence-corrected chi connectivity index (χ2v) is 5.68. The van der Waals surface area contributed by atoms with Crippen molar-refractivity contribution in [2.45, 2.75) is 32.9 Å². The van der Waals surface area contributed by atoms with E-state index in [9.17, 15) is 14.9 Å². The van der Waals surface area contributed by atoms with Gasteiger partial charge in [-0.1, -0.05) is 19.1 Å². The summed E-state index contributed by atoms with van der Waals surface area (Å²) in [5.74, 6) is 0.488. The molecule has 0 spiro atoms. The van der Waals surface area contributed by atoms with Crippen LogP contribution in [-0.4, -0.2) is 48.4 Å². The van der Waals surface area contributed by atoms with Gasteiger partial charge in [-0.05, 0) is 18.9 Å². The minimum atomic E-state index is -0.433. The van der Waals surface area contributed by atoms with E-state index in [0.29, 0.717) is 12.5 Å². The van der Waals surface area contributed by atoms with Crippen LogP contribution in [0.1, 0.15) is 25.8 Å². The van der Waals surface area contributed by atoms with Gasteiger partial charge in [-0.15, -0.1) is 0 Å². The average Bonchev–Trinajstić information content (AvgIpc) is 2.56. The number of benzene rings is 1. The van der Waals surface area contributed by atoms with E-state index in [0.717, 1.165) is 12.0 Å². The van der Waals surface area contributed by atoms with Crippen LogP contribution >= 0.6 is 0 Å². The minimum Gasteiger partial charge on any atom is -0.354 e. The fourth-order valence-corrected chi connectivity index (χ4v) is 1.70. The smallest absolute Gasteiger partial charge is 0.269 e. The maximum Gasteiger partial charge on any atom is 0.269 e. The highest BCUT2D eigenvalue weighted by Gasteiger charge is 2.08. The molecule has 1 rings (SSSR count).